The third-order valence-electron chi connectivity index (χ3n) is 3.29. The maximum Gasteiger partial charge on any atom is 0.335 e. The van der Waals surface area contributed by atoms with Crippen molar-refractivity contribution in [1.82, 2.24) is 0 Å². The minimum absolute atomic E-state index is 0.000929. The van der Waals surface area contributed by atoms with Gasteiger partial charge in [-0.25, -0.2) is 4.79 Å². The molecule has 0 unspecified atom stereocenters. The first-order chi connectivity index (χ1) is 12.1. The summed E-state index contributed by atoms with van der Waals surface area (Å²) in [6.07, 6.45) is 2.55. The van der Waals surface area contributed by atoms with Crippen molar-refractivity contribution in [3.05, 3.63) is 77.9 Å². The Kier molecular flexibility index (Phi) is 5.86. The number of nitriles is 1. The number of hydrogen-bond donors (Lipinski definition) is 0. The van der Waals surface area contributed by atoms with Crippen LogP contribution in [0.5, 0.6) is 11.5 Å². The van der Waals surface area contributed by atoms with Crippen molar-refractivity contribution in [2.45, 2.75) is 0 Å². The van der Waals surface area contributed by atoms with E-state index in [1.54, 1.807) is 31.4 Å². The van der Waals surface area contributed by atoms with Crippen LogP contribution in [0.15, 0.2) is 66.8 Å². The average Bonchev–Trinajstić information content (AvgIpc) is 2.66. The van der Waals surface area contributed by atoms with E-state index in [9.17, 15) is 14.9 Å². The molecule has 0 saturated heterocycles. The second-order valence-electron chi connectivity index (χ2n) is 4.92. The molecule has 0 aromatic heterocycles. The lowest BCUT2D eigenvalue weighted by molar-refractivity contribution is -0.128. The van der Waals surface area contributed by atoms with E-state index < -0.39 is 11.8 Å². The predicted octanol–water partition coefficient (Wildman–Crippen LogP) is 3.58. The SMILES string of the molecule is C=CC(=O)Oc1ccc(C(=O)C(C#N)=Cc2ccc(OC)cc2)cc1. The number of rotatable bonds is 6. The van der Waals surface area contributed by atoms with Crippen LogP contribution < -0.4 is 9.47 Å². The molecule has 0 bridgehead atoms. The largest absolute Gasteiger partial charge is 0.497 e. The van der Waals surface area contributed by atoms with Gasteiger partial charge in [0.25, 0.3) is 0 Å². The molecule has 0 amide bonds. The van der Waals surface area contributed by atoms with Gasteiger partial charge < -0.3 is 9.47 Å². The highest BCUT2D eigenvalue weighted by Crippen LogP contribution is 2.18. The Bertz CT molecular complexity index is 856. The van der Waals surface area contributed by atoms with Crippen molar-refractivity contribution in [2.24, 2.45) is 0 Å². The first kappa shape index (κ1) is 17.7. The van der Waals surface area contributed by atoms with Gasteiger partial charge in [-0.3, -0.25) is 4.79 Å². The Labute approximate surface area is 145 Å². The molecular formula is C20H15NO4. The number of carbonyl (C=O) groups is 2. The van der Waals surface area contributed by atoms with Gasteiger partial charge in [-0.2, -0.15) is 5.26 Å². The Balaban J connectivity index is 2.21. The van der Waals surface area contributed by atoms with Gasteiger partial charge in [0.1, 0.15) is 23.1 Å². The fourth-order valence-corrected chi connectivity index (χ4v) is 2.00. The highest BCUT2D eigenvalue weighted by Gasteiger charge is 2.12. The number of benzene rings is 2. The van der Waals surface area contributed by atoms with Crippen molar-refractivity contribution >= 4 is 17.8 Å². The van der Waals surface area contributed by atoms with Crippen LogP contribution in [0.3, 0.4) is 0 Å². The highest BCUT2D eigenvalue weighted by molar-refractivity contribution is 6.14. The zero-order valence-corrected chi connectivity index (χ0v) is 13.6. The standard InChI is InChI=1S/C20H15NO4/c1-3-19(22)25-18-10-6-15(7-11-18)20(23)16(13-21)12-14-4-8-17(24-2)9-5-14/h3-12H,1H2,2H3. The van der Waals surface area contributed by atoms with E-state index in [0.717, 1.165) is 6.08 Å². The van der Waals surface area contributed by atoms with Crippen molar-refractivity contribution in [3.63, 3.8) is 0 Å². The quantitative estimate of drug-likeness (QED) is 0.265. The van der Waals surface area contributed by atoms with Gasteiger partial charge in [0.2, 0.25) is 5.78 Å². The van der Waals surface area contributed by atoms with Crippen LogP contribution in [-0.2, 0) is 4.79 Å². The summed E-state index contributed by atoms with van der Waals surface area (Å²) in [4.78, 5) is 23.6. The molecule has 0 radical (unpaired) electrons. The van der Waals surface area contributed by atoms with Crippen molar-refractivity contribution in [1.29, 1.82) is 5.26 Å². The van der Waals surface area contributed by atoms with E-state index >= 15 is 0 Å². The topological polar surface area (TPSA) is 76.4 Å². The second-order valence-corrected chi connectivity index (χ2v) is 4.92. The summed E-state index contributed by atoms with van der Waals surface area (Å²) in [7, 11) is 1.56. The predicted molar refractivity (Wildman–Crippen MR) is 93.2 cm³/mol. The average molecular weight is 333 g/mol. The zero-order valence-electron chi connectivity index (χ0n) is 13.6. The fourth-order valence-electron chi connectivity index (χ4n) is 2.00. The van der Waals surface area contributed by atoms with Crippen molar-refractivity contribution in [2.75, 3.05) is 7.11 Å². The summed E-state index contributed by atoms with van der Waals surface area (Å²) >= 11 is 0. The Morgan fingerprint density at radius 1 is 1.04 bits per heavy atom. The van der Waals surface area contributed by atoms with Crippen LogP contribution in [-0.4, -0.2) is 18.9 Å². The van der Waals surface area contributed by atoms with E-state index in [4.69, 9.17) is 9.47 Å². The van der Waals surface area contributed by atoms with E-state index in [1.165, 1.54) is 30.3 Å². The van der Waals surface area contributed by atoms with Crippen molar-refractivity contribution < 1.29 is 19.1 Å². The molecule has 0 heterocycles. The molecule has 0 saturated carbocycles. The number of nitrogens with zero attached hydrogens (tertiary/aromatic N) is 1. The number of Topliss-reactive ketones (excluding diaryl/α,β-unsaturated/α-hetero) is 1. The van der Waals surface area contributed by atoms with Gasteiger partial charge in [-0.1, -0.05) is 18.7 Å². The molecule has 0 aliphatic rings. The highest BCUT2D eigenvalue weighted by atomic mass is 16.5. The summed E-state index contributed by atoms with van der Waals surface area (Å²) in [5.74, 6) is -0.0261. The van der Waals surface area contributed by atoms with Crippen LogP contribution in [0.4, 0.5) is 0 Å². The van der Waals surface area contributed by atoms with Crippen LogP contribution in [0.2, 0.25) is 0 Å². The molecule has 0 aliphatic carbocycles. The van der Waals surface area contributed by atoms with E-state index in [1.807, 2.05) is 6.07 Å². The monoisotopic (exact) mass is 333 g/mol. The number of carbonyl (C=O) groups excluding carboxylic acids is 2. The van der Waals surface area contributed by atoms with E-state index in [0.29, 0.717) is 22.6 Å². The van der Waals surface area contributed by atoms with E-state index in [2.05, 4.69) is 6.58 Å². The molecule has 0 aliphatic heterocycles. The lowest BCUT2D eigenvalue weighted by atomic mass is 10.0. The van der Waals surface area contributed by atoms with E-state index in [-0.39, 0.29) is 5.57 Å². The molecule has 0 N–H and O–H groups in total. The summed E-state index contributed by atoms with van der Waals surface area (Å²) in [5.41, 5.74) is 1.03. The van der Waals surface area contributed by atoms with Gasteiger partial charge in [-0.15, -0.1) is 0 Å². The Morgan fingerprint density at radius 3 is 2.16 bits per heavy atom. The number of esters is 1. The minimum Gasteiger partial charge on any atom is -0.497 e. The molecule has 2 rings (SSSR count). The first-order valence-electron chi connectivity index (χ1n) is 7.32. The normalized spacial score (nSPS) is 10.5. The molecule has 5 nitrogen and oxygen atoms in total. The number of ketones is 1. The summed E-state index contributed by atoms with van der Waals surface area (Å²) in [6.45, 7) is 3.31. The summed E-state index contributed by atoms with van der Waals surface area (Å²) < 4.78 is 10.0. The van der Waals surface area contributed by atoms with Crippen LogP contribution in [0.1, 0.15) is 15.9 Å². The van der Waals surface area contributed by atoms with Crippen LogP contribution >= 0.6 is 0 Å². The molecule has 0 atom stereocenters. The Hall–Kier alpha value is -3.65. The first-order valence-corrected chi connectivity index (χ1v) is 7.32. The van der Waals surface area contributed by atoms with Gasteiger partial charge in [0.05, 0.1) is 7.11 Å². The minimum atomic E-state index is -0.587. The maximum absolute atomic E-state index is 12.5. The van der Waals surface area contributed by atoms with Gasteiger partial charge in [0, 0.05) is 11.6 Å². The molecule has 5 heteroatoms. The van der Waals surface area contributed by atoms with Gasteiger partial charge in [0.15, 0.2) is 0 Å². The van der Waals surface area contributed by atoms with Gasteiger partial charge in [-0.05, 0) is 48.0 Å². The van der Waals surface area contributed by atoms with Crippen LogP contribution in [0, 0.1) is 11.3 Å². The molecule has 2 aromatic rings. The lowest BCUT2D eigenvalue weighted by Gasteiger charge is -2.04. The molecule has 2 aromatic carbocycles. The smallest absolute Gasteiger partial charge is 0.335 e. The number of allylic oxidation sites excluding steroid dienone is 1. The second kappa shape index (κ2) is 8.27. The number of ether oxygens (including phenoxy) is 2. The van der Waals surface area contributed by atoms with Crippen molar-refractivity contribution in [3.8, 4) is 17.6 Å². The maximum atomic E-state index is 12.5. The molecule has 25 heavy (non-hydrogen) atoms. The molecular weight excluding hydrogens is 318 g/mol. The van der Waals surface area contributed by atoms with Gasteiger partial charge >= 0.3 is 5.97 Å². The molecule has 0 spiro atoms. The molecule has 0 fully saturated rings. The zero-order chi connectivity index (χ0) is 18.2. The third kappa shape index (κ3) is 4.66. The number of methoxy groups -OCH3 is 1. The fraction of sp³-hybridized carbons (Fsp3) is 0.0500. The molecule has 124 valence electrons. The summed E-state index contributed by atoms with van der Waals surface area (Å²) in [5, 5.41) is 9.28. The Morgan fingerprint density at radius 2 is 1.64 bits per heavy atom. The lowest BCUT2D eigenvalue weighted by Crippen LogP contribution is -2.05. The third-order valence-corrected chi connectivity index (χ3v) is 3.29. The number of hydrogen-bond acceptors (Lipinski definition) is 5. The summed E-state index contributed by atoms with van der Waals surface area (Å²) in [6, 6.07) is 14.9. The van der Waals surface area contributed by atoms with Crippen LogP contribution in [0.25, 0.3) is 6.08 Å².